The lowest BCUT2D eigenvalue weighted by molar-refractivity contribution is -0.0771. The van der Waals surface area contributed by atoms with E-state index in [9.17, 15) is 14.3 Å². The van der Waals surface area contributed by atoms with E-state index in [1.54, 1.807) is 12.1 Å². The standard InChI is InChI=1S/C15H11FN2O3S/c16-10-3-1-2-9(6-10)13-17-12(19)11(22-13)14(20)18-7-15(4-5-15)8-21-18/h1-6,19H,7-8H2. The van der Waals surface area contributed by atoms with Gasteiger partial charge in [-0.1, -0.05) is 24.3 Å². The summed E-state index contributed by atoms with van der Waals surface area (Å²) in [6.45, 7) is 0.882. The number of halogens is 1. The first-order valence-corrected chi connectivity index (χ1v) is 7.49. The maximum absolute atomic E-state index is 13.3. The van der Waals surface area contributed by atoms with Gasteiger partial charge < -0.3 is 5.11 Å². The van der Waals surface area contributed by atoms with Crippen LogP contribution in [0.25, 0.3) is 10.6 Å². The van der Waals surface area contributed by atoms with Crippen molar-refractivity contribution in [3.63, 3.8) is 0 Å². The number of carbonyl (C=O) groups excluding carboxylic acids is 1. The summed E-state index contributed by atoms with van der Waals surface area (Å²) in [6, 6.07) is 5.85. The van der Waals surface area contributed by atoms with Crippen molar-refractivity contribution in [3.05, 3.63) is 47.1 Å². The molecule has 0 radical (unpaired) electrons. The Morgan fingerprint density at radius 1 is 1.45 bits per heavy atom. The van der Waals surface area contributed by atoms with Gasteiger partial charge in [-0.05, 0) is 12.1 Å². The highest BCUT2D eigenvalue weighted by Crippen LogP contribution is 2.42. The lowest BCUT2D eigenvalue weighted by atomic mass is 10.1. The minimum Gasteiger partial charge on any atom is -0.492 e. The molecule has 22 heavy (non-hydrogen) atoms. The van der Waals surface area contributed by atoms with Crippen molar-refractivity contribution >= 4 is 17.2 Å². The monoisotopic (exact) mass is 318 g/mol. The molecule has 1 spiro atoms. The predicted molar refractivity (Wildman–Crippen MR) is 77.7 cm³/mol. The fraction of sp³-hybridized carbons (Fsp3) is 0.200. The molecule has 2 heterocycles. The Morgan fingerprint density at radius 2 is 2.27 bits per heavy atom. The van der Waals surface area contributed by atoms with Gasteiger partial charge in [-0.15, -0.1) is 11.3 Å². The molecule has 4 rings (SSSR count). The number of aromatic hydroxyl groups is 1. The molecule has 1 amide bonds. The Hall–Kier alpha value is -2.25. The number of benzene rings is 1. The van der Waals surface area contributed by atoms with Gasteiger partial charge in [0.2, 0.25) is 5.88 Å². The number of rotatable bonds is 2. The lowest BCUT2D eigenvalue weighted by Gasteiger charge is -2.12. The number of hydrogen-bond donors (Lipinski definition) is 1. The van der Waals surface area contributed by atoms with Crippen LogP contribution in [0.3, 0.4) is 0 Å². The Morgan fingerprint density at radius 3 is 2.95 bits per heavy atom. The van der Waals surface area contributed by atoms with Crippen LogP contribution in [0.1, 0.15) is 9.67 Å². The summed E-state index contributed by atoms with van der Waals surface area (Å²) in [6.07, 6.45) is 3.98. The fourth-order valence-electron chi connectivity index (χ4n) is 2.32. The Kier molecular flexibility index (Phi) is 2.82. The van der Waals surface area contributed by atoms with E-state index in [1.807, 2.05) is 12.2 Å². The maximum atomic E-state index is 13.3. The number of amides is 1. The zero-order chi connectivity index (χ0) is 15.3. The second kappa shape index (κ2) is 4.62. The van der Waals surface area contributed by atoms with Crippen molar-refractivity contribution in [1.29, 1.82) is 0 Å². The largest absolute Gasteiger partial charge is 0.492 e. The van der Waals surface area contributed by atoms with Gasteiger partial charge in [0.05, 0.1) is 18.6 Å². The summed E-state index contributed by atoms with van der Waals surface area (Å²) in [5.41, 5.74) is 0.392. The van der Waals surface area contributed by atoms with E-state index in [-0.39, 0.29) is 16.2 Å². The summed E-state index contributed by atoms with van der Waals surface area (Å²) >= 11 is 1.02. The molecule has 0 unspecified atom stereocenters. The molecule has 0 atom stereocenters. The number of aromatic nitrogens is 1. The lowest BCUT2D eigenvalue weighted by Crippen LogP contribution is -2.27. The van der Waals surface area contributed by atoms with Gasteiger partial charge in [0.15, 0.2) is 4.88 Å². The summed E-state index contributed by atoms with van der Waals surface area (Å²) in [7, 11) is 0. The minimum absolute atomic E-state index is 0.0944. The van der Waals surface area contributed by atoms with Crippen LogP contribution in [0.2, 0.25) is 0 Å². The third-order valence-corrected chi connectivity index (χ3v) is 4.75. The molecule has 1 aromatic heterocycles. The number of hydroxylamine groups is 2. The third-order valence-electron chi connectivity index (χ3n) is 3.67. The highest BCUT2D eigenvalue weighted by Gasteiger charge is 2.45. The molecule has 2 aliphatic rings. The first-order chi connectivity index (χ1) is 10.6. The van der Waals surface area contributed by atoms with Crippen molar-refractivity contribution in [2.75, 3.05) is 13.2 Å². The zero-order valence-electron chi connectivity index (χ0n) is 11.3. The molecular weight excluding hydrogens is 307 g/mol. The SMILES string of the molecule is O=C(c1sc(-c2cccc(F)c2)nc1O)N1CC2(C=C2)CO1. The van der Waals surface area contributed by atoms with Crippen molar-refractivity contribution in [1.82, 2.24) is 10.0 Å². The maximum Gasteiger partial charge on any atom is 0.293 e. The van der Waals surface area contributed by atoms with Crippen LogP contribution in [-0.2, 0) is 4.84 Å². The molecule has 1 N–H and O–H groups in total. The molecule has 112 valence electrons. The topological polar surface area (TPSA) is 62.7 Å². The molecular formula is C15H11FN2O3S. The van der Waals surface area contributed by atoms with Gasteiger partial charge in [0.1, 0.15) is 10.8 Å². The van der Waals surface area contributed by atoms with Crippen LogP contribution in [0.15, 0.2) is 36.4 Å². The molecule has 1 aliphatic heterocycles. The van der Waals surface area contributed by atoms with Crippen LogP contribution in [-0.4, -0.2) is 34.2 Å². The van der Waals surface area contributed by atoms with Crippen molar-refractivity contribution in [3.8, 4) is 16.5 Å². The van der Waals surface area contributed by atoms with Crippen LogP contribution in [0, 0.1) is 11.2 Å². The summed E-state index contributed by atoms with van der Waals surface area (Å²) < 4.78 is 13.3. The van der Waals surface area contributed by atoms with Gasteiger partial charge in [-0.2, -0.15) is 0 Å². The molecule has 1 aromatic carbocycles. The molecule has 2 aromatic rings. The molecule has 1 fully saturated rings. The molecule has 0 bridgehead atoms. The summed E-state index contributed by atoms with van der Waals surface area (Å²) in [5, 5.41) is 11.6. The van der Waals surface area contributed by atoms with Gasteiger partial charge >= 0.3 is 0 Å². The Bertz CT molecular complexity index is 796. The second-order valence-electron chi connectivity index (χ2n) is 5.36. The summed E-state index contributed by atoms with van der Waals surface area (Å²) in [5.74, 6) is -1.18. The normalized spacial score (nSPS) is 18.1. The first kappa shape index (κ1) is 13.4. The van der Waals surface area contributed by atoms with E-state index in [2.05, 4.69) is 4.98 Å². The average Bonchev–Trinajstić information content (AvgIpc) is 2.93. The summed E-state index contributed by atoms with van der Waals surface area (Å²) in [4.78, 5) is 21.8. The number of nitrogens with zero attached hydrogens (tertiary/aromatic N) is 2. The smallest absolute Gasteiger partial charge is 0.293 e. The van der Waals surface area contributed by atoms with Crippen molar-refractivity contribution < 1.29 is 19.1 Å². The van der Waals surface area contributed by atoms with E-state index in [0.717, 1.165) is 11.3 Å². The second-order valence-corrected chi connectivity index (χ2v) is 6.36. The van der Waals surface area contributed by atoms with E-state index in [0.29, 0.717) is 23.7 Å². The van der Waals surface area contributed by atoms with Gasteiger partial charge in [-0.25, -0.2) is 14.4 Å². The van der Waals surface area contributed by atoms with Gasteiger partial charge in [-0.3, -0.25) is 9.63 Å². The quantitative estimate of drug-likeness (QED) is 0.865. The van der Waals surface area contributed by atoms with Crippen LogP contribution in [0.4, 0.5) is 4.39 Å². The average molecular weight is 318 g/mol. The van der Waals surface area contributed by atoms with E-state index >= 15 is 0 Å². The first-order valence-electron chi connectivity index (χ1n) is 6.67. The highest BCUT2D eigenvalue weighted by molar-refractivity contribution is 7.17. The predicted octanol–water partition coefficient (Wildman–Crippen LogP) is 2.60. The van der Waals surface area contributed by atoms with E-state index in [1.165, 1.54) is 17.2 Å². The molecule has 1 aliphatic carbocycles. The van der Waals surface area contributed by atoms with Gasteiger partial charge in [0, 0.05) is 5.56 Å². The van der Waals surface area contributed by atoms with Crippen molar-refractivity contribution in [2.24, 2.45) is 5.41 Å². The minimum atomic E-state index is -0.428. The van der Waals surface area contributed by atoms with Crippen LogP contribution >= 0.6 is 11.3 Å². The van der Waals surface area contributed by atoms with Gasteiger partial charge in [0.25, 0.3) is 5.91 Å². The molecule has 0 saturated carbocycles. The molecule has 5 nitrogen and oxygen atoms in total. The van der Waals surface area contributed by atoms with E-state index in [4.69, 9.17) is 4.84 Å². The number of carbonyl (C=O) groups is 1. The van der Waals surface area contributed by atoms with E-state index < -0.39 is 11.7 Å². The zero-order valence-corrected chi connectivity index (χ0v) is 12.1. The van der Waals surface area contributed by atoms with Crippen LogP contribution in [0.5, 0.6) is 5.88 Å². The number of hydrogen-bond acceptors (Lipinski definition) is 5. The van der Waals surface area contributed by atoms with Crippen LogP contribution < -0.4 is 0 Å². The molecule has 7 heteroatoms. The third kappa shape index (κ3) is 2.18. The Labute approximate surface area is 129 Å². The fourth-order valence-corrected chi connectivity index (χ4v) is 3.21. The van der Waals surface area contributed by atoms with Crippen molar-refractivity contribution in [2.45, 2.75) is 0 Å². The Balaban J connectivity index is 1.61. The highest BCUT2D eigenvalue weighted by atomic mass is 32.1. The number of thiazole rings is 1. The molecule has 1 saturated heterocycles.